The molecule has 4 heteroatoms. The van der Waals surface area contributed by atoms with E-state index in [1.165, 1.54) is 19.1 Å². The van der Waals surface area contributed by atoms with Crippen LogP contribution in [-0.2, 0) is 0 Å². The summed E-state index contributed by atoms with van der Waals surface area (Å²) in [5.74, 6) is -0.457. The predicted molar refractivity (Wildman–Crippen MR) is 49.7 cm³/mol. The van der Waals surface area contributed by atoms with Gasteiger partial charge in [-0.1, -0.05) is 11.6 Å². The summed E-state index contributed by atoms with van der Waals surface area (Å²) in [5, 5.41) is 9.50. The Labute approximate surface area is 83.3 Å². The fourth-order valence-corrected chi connectivity index (χ4v) is 1.35. The molecule has 1 aromatic carbocycles. The van der Waals surface area contributed by atoms with E-state index in [4.69, 9.17) is 16.7 Å². The summed E-state index contributed by atoms with van der Waals surface area (Å²) < 4.78 is 13.5. The Hall–Kier alpha value is -0.120. The molecule has 0 aliphatic heterocycles. The first-order valence-corrected chi connectivity index (χ1v) is 4.52. The van der Waals surface area contributed by atoms with Crippen LogP contribution >= 0.6 is 27.5 Å². The van der Waals surface area contributed by atoms with E-state index < -0.39 is 11.9 Å². The van der Waals surface area contributed by atoms with E-state index in [2.05, 4.69) is 15.9 Å². The Morgan fingerprint density at radius 3 is 2.67 bits per heavy atom. The Morgan fingerprint density at radius 2 is 2.17 bits per heavy atom. The van der Waals surface area contributed by atoms with Gasteiger partial charge in [0.05, 0.1) is 11.1 Å². The van der Waals surface area contributed by atoms with Crippen LogP contribution < -0.4 is 0 Å². The van der Waals surface area contributed by atoms with Gasteiger partial charge in [0, 0.05) is 10.0 Å². The van der Waals surface area contributed by atoms with Gasteiger partial charge in [-0.2, -0.15) is 0 Å². The van der Waals surface area contributed by atoms with Crippen molar-refractivity contribution < 1.29 is 9.50 Å². The largest absolute Gasteiger partial charge is 0.389 e. The number of aliphatic hydroxyl groups excluding tert-OH is 1. The van der Waals surface area contributed by atoms with Crippen molar-refractivity contribution in [2.45, 2.75) is 13.0 Å². The zero-order valence-electron chi connectivity index (χ0n) is 6.31. The second-order valence-electron chi connectivity index (χ2n) is 2.46. The first kappa shape index (κ1) is 9.96. The summed E-state index contributed by atoms with van der Waals surface area (Å²) in [6, 6.07) is 2.65. The molecule has 0 heterocycles. The van der Waals surface area contributed by atoms with Crippen LogP contribution in [0.3, 0.4) is 0 Å². The molecule has 0 spiro atoms. The molecular formula is C8H7BrClFO. The van der Waals surface area contributed by atoms with Crippen LogP contribution in [0, 0.1) is 5.82 Å². The Bertz CT molecular complexity index is 301. The first-order valence-electron chi connectivity index (χ1n) is 3.35. The van der Waals surface area contributed by atoms with Gasteiger partial charge in [0.15, 0.2) is 0 Å². The van der Waals surface area contributed by atoms with Gasteiger partial charge < -0.3 is 5.11 Å². The van der Waals surface area contributed by atoms with Crippen LogP contribution in [0.1, 0.15) is 18.6 Å². The van der Waals surface area contributed by atoms with Crippen molar-refractivity contribution in [3.8, 4) is 0 Å². The van der Waals surface area contributed by atoms with E-state index in [1.807, 2.05) is 0 Å². The highest BCUT2D eigenvalue weighted by atomic mass is 79.9. The average molecular weight is 253 g/mol. The molecule has 0 unspecified atom stereocenters. The van der Waals surface area contributed by atoms with Gasteiger partial charge in [-0.25, -0.2) is 4.39 Å². The van der Waals surface area contributed by atoms with E-state index in [-0.39, 0.29) is 5.56 Å². The first-order chi connectivity index (χ1) is 5.52. The Morgan fingerprint density at radius 1 is 1.58 bits per heavy atom. The van der Waals surface area contributed by atoms with Crippen LogP contribution in [0.4, 0.5) is 4.39 Å². The maximum atomic E-state index is 13.0. The summed E-state index contributed by atoms with van der Waals surface area (Å²) >= 11 is 8.78. The molecule has 0 saturated carbocycles. The average Bonchev–Trinajstić information content (AvgIpc) is 1.96. The zero-order chi connectivity index (χ0) is 9.30. The van der Waals surface area contributed by atoms with Crippen molar-refractivity contribution in [1.82, 2.24) is 0 Å². The lowest BCUT2D eigenvalue weighted by Gasteiger charge is -2.07. The number of rotatable bonds is 1. The summed E-state index contributed by atoms with van der Waals surface area (Å²) in [6.45, 7) is 1.49. The van der Waals surface area contributed by atoms with Crippen LogP contribution in [0.25, 0.3) is 0 Å². The highest BCUT2D eigenvalue weighted by molar-refractivity contribution is 9.10. The Kier molecular flexibility index (Phi) is 3.09. The van der Waals surface area contributed by atoms with Crippen molar-refractivity contribution in [1.29, 1.82) is 0 Å². The molecule has 0 amide bonds. The second kappa shape index (κ2) is 3.73. The zero-order valence-corrected chi connectivity index (χ0v) is 8.66. The third-order valence-electron chi connectivity index (χ3n) is 1.49. The monoisotopic (exact) mass is 252 g/mol. The van der Waals surface area contributed by atoms with Gasteiger partial charge in [-0.05, 0) is 35.0 Å². The number of halogens is 3. The van der Waals surface area contributed by atoms with Gasteiger partial charge in [-0.15, -0.1) is 0 Å². The molecule has 0 aliphatic rings. The number of benzene rings is 1. The predicted octanol–water partition coefficient (Wildman–Crippen LogP) is 3.29. The summed E-state index contributed by atoms with van der Waals surface area (Å²) in [5.41, 5.74) is 0.211. The van der Waals surface area contributed by atoms with Crippen molar-refractivity contribution in [2.24, 2.45) is 0 Å². The fourth-order valence-electron chi connectivity index (χ4n) is 0.858. The normalized spacial score (nSPS) is 13.1. The molecular weight excluding hydrogens is 246 g/mol. The lowest BCUT2D eigenvalue weighted by atomic mass is 10.1. The topological polar surface area (TPSA) is 20.2 Å². The van der Waals surface area contributed by atoms with E-state index in [1.54, 1.807) is 0 Å². The SMILES string of the molecule is C[C@H](O)c1cc(Cl)c(Br)cc1F. The number of aliphatic hydroxyl groups is 1. The minimum Gasteiger partial charge on any atom is -0.389 e. The van der Waals surface area contributed by atoms with Crippen molar-refractivity contribution >= 4 is 27.5 Å². The van der Waals surface area contributed by atoms with Crippen LogP contribution in [-0.4, -0.2) is 5.11 Å². The van der Waals surface area contributed by atoms with Crippen molar-refractivity contribution in [3.63, 3.8) is 0 Å². The molecule has 0 aliphatic carbocycles. The standard InChI is InChI=1S/C8H7BrClFO/c1-4(12)5-2-7(10)6(9)3-8(5)11/h2-4,12H,1H3/t4-/m0/s1. The van der Waals surface area contributed by atoms with Gasteiger partial charge in [0.25, 0.3) is 0 Å². The minimum absolute atomic E-state index is 0.211. The molecule has 1 rings (SSSR count). The molecule has 0 radical (unpaired) electrons. The summed E-state index contributed by atoms with van der Waals surface area (Å²) in [4.78, 5) is 0. The highest BCUT2D eigenvalue weighted by Gasteiger charge is 2.10. The minimum atomic E-state index is -0.837. The van der Waals surface area contributed by atoms with E-state index in [0.29, 0.717) is 9.50 Å². The maximum absolute atomic E-state index is 13.0. The third-order valence-corrected chi connectivity index (χ3v) is 2.69. The smallest absolute Gasteiger partial charge is 0.130 e. The van der Waals surface area contributed by atoms with E-state index in [0.717, 1.165) is 0 Å². The van der Waals surface area contributed by atoms with E-state index >= 15 is 0 Å². The van der Waals surface area contributed by atoms with Crippen molar-refractivity contribution in [3.05, 3.63) is 33.0 Å². The highest BCUT2D eigenvalue weighted by Crippen LogP contribution is 2.28. The van der Waals surface area contributed by atoms with Crippen LogP contribution in [0.2, 0.25) is 5.02 Å². The fraction of sp³-hybridized carbons (Fsp3) is 0.250. The van der Waals surface area contributed by atoms with Crippen molar-refractivity contribution in [2.75, 3.05) is 0 Å². The molecule has 1 N–H and O–H groups in total. The molecule has 66 valence electrons. The van der Waals surface area contributed by atoms with Gasteiger partial charge in [0.1, 0.15) is 5.82 Å². The molecule has 1 atom stereocenters. The molecule has 0 saturated heterocycles. The van der Waals surface area contributed by atoms with Crippen LogP contribution in [0.15, 0.2) is 16.6 Å². The molecule has 0 aromatic heterocycles. The number of hydrogen-bond acceptors (Lipinski definition) is 1. The summed E-state index contributed by atoms with van der Waals surface area (Å²) in [7, 11) is 0. The number of hydrogen-bond donors (Lipinski definition) is 1. The maximum Gasteiger partial charge on any atom is 0.130 e. The second-order valence-corrected chi connectivity index (χ2v) is 3.73. The van der Waals surface area contributed by atoms with Gasteiger partial charge in [-0.3, -0.25) is 0 Å². The van der Waals surface area contributed by atoms with E-state index in [9.17, 15) is 4.39 Å². The molecule has 1 nitrogen and oxygen atoms in total. The van der Waals surface area contributed by atoms with Crippen LogP contribution in [0.5, 0.6) is 0 Å². The van der Waals surface area contributed by atoms with Gasteiger partial charge >= 0.3 is 0 Å². The molecule has 0 bridgehead atoms. The quantitative estimate of drug-likeness (QED) is 0.762. The molecule has 0 fully saturated rings. The molecule has 1 aromatic rings. The third kappa shape index (κ3) is 1.97. The lowest BCUT2D eigenvalue weighted by Crippen LogP contribution is -1.95. The lowest BCUT2D eigenvalue weighted by molar-refractivity contribution is 0.194. The van der Waals surface area contributed by atoms with Gasteiger partial charge in [0.2, 0.25) is 0 Å². The Balaban J connectivity index is 3.23. The summed E-state index contributed by atoms with van der Waals surface area (Å²) in [6.07, 6.45) is -0.837. The molecule has 12 heavy (non-hydrogen) atoms.